The summed E-state index contributed by atoms with van der Waals surface area (Å²) in [6.07, 6.45) is -0.553. The number of hydrogen-bond acceptors (Lipinski definition) is 5. The molecule has 0 aliphatic rings. The van der Waals surface area contributed by atoms with Crippen LogP contribution in [0.1, 0.15) is 27.7 Å². The van der Waals surface area contributed by atoms with E-state index in [1.54, 1.807) is 52.0 Å². The molecule has 0 saturated heterocycles. The van der Waals surface area contributed by atoms with Crippen molar-refractivity contribution in [1.82, 2.24) is 0 Å². The van der Waals surface area contributed by atoms with Crippen molar-refractivity contribution >= 4 is 23.4 Å². The number of carbonyl (C=O) groups excluding carboxylic acids is 2. The summed E-state index contributed by atoms with van der Waals surface area (Å²) in [5, 5.41) is 5.64. The summed E-state index contributed by atoms with van der Waals surface area (Å²) in [7, 11) is 1.32. The molecule has 0 saturated carbocycles. The lowest BCUT2D eigenvalue weighted by molar-refractivity contribution is -0.141. The Morgan fingerprint density at radius 1 is 1.14 bits per heavy atom. The SMILES string of the molecule is COC(=O)C(C)Nc1ccccc1NC(=O)OC(C)(C)C. The minimum Gasteiger partial charge on any atom is -0.467 e. The molecule has 0 aliphatic heterocycles. The van der Waals surface area contributed by atoms with E-state index in [1.165, 1.54) is 7.11 Å². The van der Waals surface area contributed by atoms with Gasteiger partial charge in [0, 0.05) is 0 Å². The lowest BCUT2D eigenvalue weighted by atomic mass is 10.2. The van der Waals surface area contributed by atoms with E-state index in [0.717, 1.165) is 0 Å². The summed E-state index contributed by atoms with van der Waals surface area (Å²) in [5.41, 5.74) is 0.565. The third-order valence-corrected chi connectivity index (χ3v) is 2.49. The first kappa shape index (κ1) is 16.8. The minimum absolute atomic E-state index is 0.387. The molecule has 21 heavy (non-hydrogen) atoms. The van der Waals surface area contributed by atoms with Crippen LogP contribution in [-0.4, -0.2) is 30.8 Å². The summed E-state index contributed by atoms with van der Waals surface area (Å²) >= 11 is 0. The maximum absolute atomic E-state index is 11.8. The zero-order valence-corrected chi connectivity index (χ0v) is 13.0. The van der Waals surface area contributed by atoms with Gasteiger partial charge in [0.2, 0.25) is 0 Å². The van der Waals surface area contributed by atoms with Crippen LogP contribution >= 0.6 is 0 Å². The van der Waals surface area contributed by atoms with E-state index in [-0.39, 0.29) is 5.97 Å². The van der Waals surface area contributed by atoms with E-state index in [9.17, 15) is 9.59 Å². The molecule has 0 spiro atoms. The van der Waals surface area contributed by atoms with Crippen molar-refractivity contribution in [3.8, 4) is 0 Å². The molecule has 1 aromatic rings. The Bertz CT molecular complexity index is 509. The number of rotatable bonds is 4. The molecule has 1 unspecified atom stereocenters. The highest BCUT2D eigenvalue weighted by Crippen LogP contribution is 2.22. The van der Waals surface area contributed by atoms with Crippen molar-refractivity contribution < 1.29 is 19.1 Å². The molecule has 1 amide bonds. The number of methoxy groups -OCH3 is 1. The lowest BCUT2D eigenvalue weighted by Crippen LogP contribution is -2.29. The van der Waals surface area contributed by atoms with E-state index in [4.69, 9.17) is 4.74 Å². The van der Waals surface area contributed by atoms with Gasteiger partial charge in [-0.05, 0) is 39.8 Å². The molecule has 0 radical (unpaired) electrons. The molecule has 6 heteroatoms. The zero-order chi connectivity index (χ0) is 16.0. The summed E-state index contributed by atoms with van der Waals surface area (Å²) < 4.78 is 9.86. The summed E-state index contributed by atoms with van der Waals surface area (Å²) in [5.74, 6) is -0.387. The standard InChI is InChI=1S/C15H22N2O4/c1-10(13(18)20-5)16-11-8-6-7-9-12(11)17-14(19)21-15(2,3)4/h6-10,16H,1-5H3,(H,17,19). The second-order valence-electron chi connectivity index (χ2n) is 5.56. The van der Waals surface area contributed by atoms with Crippen LogP contribution in [0.3, 0.4) is 0 Å². The van der Waals surface area contributed by atoms with Crippen LogP contribution in [-0.2, 0) is 14.3 Å². The number of nitrogens with one attached hydrogen (secondary N) is 2. The van der Waals surface area contributed by atoms with Gasteiger partial charge in [-0.3, -0.25) is 5.32 Å². The number of amides is 1. The number of para-hydroxylation sites is 2. The van der Waals surface area contributed by atoms with Crippen molar-refractivity contribution in [2.75, 3.05) is 17.7 Å². The largest absolute Gasteiger partial charge is 0.467 e. The van der Waals surface area contributed by atoms with Gasteiger partial charge in [0.25, 0.3) is 0 Å². The zero-order valence-electron chi connectivity index (χ0n) is 13.0. The van der Waals surface area contributed by atoms with Gasteiger partial charge in [-0.2, -0.15) is 0 Å². The molecule has 0 aliphatic carbocycles. The van der Waals surface area contributed by atoms with Crippen LogP contribution in [0.15, 0.2) is 24.3 Å². The smallest absolute Gasteiger partial charge is 0.412 e. The van der Waals surface area contributed by atoms with E-state index < -0.39 is 17.7 Å². The number of ether oxygens (including phenoxy) is 2. The maximum atomic E-state index is 11.8. The molecule has 2 N–H and O–H groups in total. The van der Waals surface area contributed by atoms with Gasteiger partial charge in [-0.25, -0.2) is 9.59 Å². The topological polar surface area (TPSA) is 76.7 Å². The third kappa shape index (κ3) is 5.72. The second kappa shape index (κ2) is 6.97. The fourth-order valence-electron chi connectivity index (χ4n) is 1.60. The number of hydrogen-bond donors (Lipinski definition) is 2. The second-order valence-corrected chi connectivity index (χ2v) is 5.56. The van der Waals surface area contributed by atoms with Gasteiger partial charge < -0.3 is 14.8 Å². The molecular formula is C15H22N2O4. The molecular weight excluding hydrogens is 272 g/mol. The van der Waals surface area contributed by atoms with Crippen molar-refractivity contribution in [1.29, 1.82) is 0 Å². The van der Waals surface area contributed by atoms with Gasteiger partial charge in [-0.15, -0.1) is 0 Å². The Labute approximate surface area is 124 Å². The quantitative estimate of drug-likeness (QED) is 0.835. The Hall–Kier alpha value is -2.24. The van der Waals surface area contributed by atoms with Crippen molar-refractivity contribution in [3.05, 3.63) is 24.3 Å². The van der Waals surface area contributed by atoms with E-state index in [2.05, 4.69) is 15.4 Å². The molecule has 6 nitrogen and oxygen atoms in total. The number of anilines is 2. The first-order valence-corrected chi connectivity index (χ1v) is 6.66. The first-order chi connectivity index (χ1) is 9.73. The van der Waals surface area contributed by atoms with Gasteiger partial charge in [-0.1, -0.05) is 12.1 Å². The number of esters is 1. The molecule has 0 aromatic heterocycles. The van der Waals surface area contributed by atoms with Gasteiger partial charge >= 0.3 is 12.1 Å². The van der Waals surface area contributed by atoms with Crippen molar-refractivity contribution in [2.24, 2.45) is 0 Å². The Kier molecular flexibility index (Phi) is 5.58. The summed E-state index contributed by atoms with van der Waals surface area (Å²) in [6.45, 7) is 7.04. The predicted octanol–water partition coefficient (Wildman–Crippen LogP) is 3.01. The van der Waals surface area contributed by atoms with Crippen molar-refractivity contribution in [2.45, 2.75) is 39.3 Å². The highest BCUT2D eigenvalue weighted by molar-refractivity contribution is 5.90. The molecule has 0 bridgehead atoms. The minimum atomic E-state index is -0.578. The first-order valence-electron chi connectivity index (χ1n) is 6.66. The monoisotopic (exact) mass is 294 g/mol. The summed E-state index contributed by atoms with van der Waals surface area (Å²) in [6, 6.07) is 6.52. The predicted molar refractivity (Wildman–Crippen MR) is 81.4 cm³/mol. The van der Waals surface area contributed by atoms with E-state index in [0.29, 0.717) is 11.4 Å². The van der Waals surface area contributed by atoms with Crippen LogP contribution in [0, 0.1) is 0 Å². The van der Waals surface area contributed by atoms with Crippen LogP contribution < -0.4 is 10.6 Å². The Morgan fingerprint density at radius 3 is 2.24 bits per heavy atom. The molecule has 1 atom stereocenters. The summed E-state index contributed by atoms with van der Waals surface area (Å²) in [4.78, 5) is 23.2. The van der Waals surface area contributed by atoms with Crippen LogP contribution in [0.25, 0.3) is 0 Å². The Morgan fingerprint density at radius 2 is 1.71 bits per heavy atom. The van der Waals surface area contributed by atoms with Gasteiger partial charge in [0.1, 0.15) is 11.6 Å². The van der Waals surface area contributed by atoms with Crippen LogP contribution in [0.2, 0.25) is 0 Å². The lowest BCUT2D eigenvalue weighted by Gasteiger charge is -2.21. The molecule has 1 aromatic carbocycles. The third-order valence-electron chi connectivity index (χ3n) is 2.49. The highest BCUT2D eigenvalue weighted by atomic mass is 16.6. The molecule has 1 rings (SSSR count). The van der Waals surface area contributed by atoms with Crippen molar-refractivity contribution in [3.63, 3.8) is 0 Å². The fraction of sp³-hybridized carbons (Fsp3) is 0.467. The molecule has 0 heterocycles. The fourth-order valence-corrected chi connectivity index (χ4v) is 1.60. The maximum Gasteiger partial charge on any atom is 0.412 e. The average molecular weight is 294 g/mol. The number of carbonyl (C=O) groups is 2. The van der Waals surface area contributed by atoms with E-state index >= 15 is 0 Å². The van der Waals surface area contributed by atoms with Crippen LogP contribution in [0.5, 0.6) is 0 Å². The van der Waals surface area contributed by atoms with Gasteiger partial charge in [0.15, 0.2) is 0 Å². The number of benzene rings is 1. The highest BCUT2D eigenvalue weighted by Gasteiger charge is 2.18. The average Bonchev–Trinajstić information content (AvgIpc) is 2.37. The molecule has 116 valence electrons. The molecule has 0 fully saturated rings. The van der Waals surface area contributed by atoms with Gasteiger partial charge in [0.05, 0.1) is 18.5 Å². The van der Waals surface area contributed by atoms with Crippen LogP contribution in [0.4, 0.5) is 16.2 Å². The normalized spacial score (nSPS) is 12.2. The Balaban J connectivity index is 2.80. The van der Waals surface area contributed by atoms with E-state index in [1.807, 2.05) is 0 Å².